The number of hydrazone groups is 1. The van der Waals surface area contributed by atoms with Gasteiger partial charge < -0.3 is 5.32 Å². The van der Waals surface area contributed by atoms with Crippen LogP contribution in [-0.2, 0) is 11.0 Å². The van der Waals surface area contributed by atoms with Gasteiger partial charge in [-0.05, 0) is 42.8 Å². The van der Waals surface area contributed by atoms with E-state index in [9.17, 15) is 18.0 Å². The summed E-state index contributed by atoms with van der Waals surface area (Å²) in [5.41, 5.74) is 3.48. The van der Waals surface area contributed by atoms with Crippen molar-refractivity contribution >= 4 is 17.3 Å². The Morgan fingerprint density at radius 1 is 1.19 bits per heavy atom. The summed E-state index contributed by atoms with van der Waals surface area (Å²) >= 11 is 0. The lowest BCUT2D eigenvalue weighted by atomic mass is 10.1. The highest BCUT2D eigenvalue weighted by Gasteiger charge is 2.30. The monoisotopic (exact) mass is 360 g/mol. The van der Waals surface area contributed by atoms with Crippen molar-refractivity contribution in [3.05, 3.63) is 65.2 Å². The number of rotatable bonds is 5. The number of nitrogens with one attached hydrogen (secondary N) is 2. The molecule has 0 aliphatic carbocycles. The molecule has 0 saturated heterocycles. The van der Waals surface area contributed by atoms with Crippen molar-refractivity contribution in [1.29, 1.82) is 5.26 Å². The van der Waals surface area contributed by atoms with Crippen molar-refractivity contribution in [2.45, 2.75) is 13.1 Å². The zero-order valence-corrected chi connectivity index (χ0v) is 13.8. The summed E-state index contributed by atoms with van der Waals surface area (Å²) in [7, 11) is 0. The molecule has 8 heteroatoms. The second-order valence-corrected chi connectivity index (χ2v) is 5.35. The molecule has 2 aromatic rings. The van der Waals surface area contributed by atoms with Crippen LogP contribution in [0.1, 0.15) is 23.6 Å². The van der Waals surface area contributed by atoms with Crippen molar-refractivity contribution in [2.75, 3.05) is 11.9 Å². The topological polar surface area (TPSA) is 77.3 Å². The first-order valence-corrected chi connectivity index (χ1v) is 7.54. The molecule has 0 unspecified atom stereocenters. The molecule has 2 rings (SSSR count). The zero-order chi connectivity index (χ0) is 19.2. The van der Waals surface area contributed by atoms with Crippen LogP contribution in [0.3, 0.4) is 0 Å². The Bertz CT molecular complexity index is 852. The van der Waals surface area contributed by atoms with Gasteiger partial charge in [0.25, 0.3) is 5.91 Å². The smallest absolute Gasteiger partial charge is 0.376 e. The largest absolute Gasteiger partial charge is 0.416 e. The number of carbonyl (C=O) groups excluding carboxylic acids is 1. The van der Waals surface area contributed by atoms with Gasteiger partial charge in [0.05, 0.1) is 29.5 Å². The standard InChI is InChI=1S/C18H15F3N4O/c1-12(14-7-5-13(10-22)6-8-14)24-25-17(26)11-23-16-4-2-3-15(9-16)18(19,20)21/h2-9,23H,11H2,1H3,(H,25,26)/b24-12+. The average molecular weight is 360 g/mol. The summed E-state index contributed by atoms with van der Waals surface area (Å²) in [5.74, 6) is -0.504. The van der Waals surface area contributed by atoms with Crippen LogP contribution >= 0.6 is 0 Å². The molecule has 2 aromatic carbocycles. The van der Waals surface area contributed by atoms with Gasteiger partial charge in [-0.1, -0.05) is 18.2 Å². The average Bonchev–Trinajstić information content (AvgIpc) is 2.64. The third kappa shape index (κ3) is 5.34. The number of carbonyl (C=O) groups is 1. The maximum absolute atomic E-state index is 12.6. The van der Waals surface area contributed by atoms with Gasteiger partial charge in [0.2, 0.25) is 0 Å². The van der Waals surface area contributed by atoms with E-state index < -0.39 is 17.6 Å². The summed E-state index contributed by atoms with van der Waals surface area (Å²) in [4.78, 5) is 11.8. The highest BCUT2D eigenvalue weighted by Crippen LogP contribution is 2.30. The molecule has 0 spiro atoms. The molecule has 0 aliphatic heterocycles. The van der Waals surface area contributed by atoms with Crippen LogP contribution < -0.4 is 10.7 Å². The Balaban J connectivity index is 1.91. The Morgan fingerprint density at radius 2 is 1.88 bits per heavy atom. The van der Waals surface area contributed by atoms with Gasteiger partial charge in [0, 0.05) is 5.69 Å². The van der Waals surface area contributed by atoms with Gasteiger partial charge >= 0.3 is 6.18 Å². The summed E-state index contributed by atoms with van der Waals surface area (Å²) < 4.78 is 37.9. The Hall–Kier alpha value is -3.34. The molecule has 0 aromatic heterocycles. The fourth-order valence-corrected chi connectivity index (χ4v) is 2.02. The number of amides is 1. The predicted octanol–water partition coefficient (Wildman–Crippen LogP) is 3.53. The molecule has 2 N–H and O–H groups in total. The lowest BCUT2D eigenvalue weighted by molar-refractivity contribution is -0.137. The summed E-state index contributed by atoms with van der Waals surface area (Å²) in [6.45, 7) is 1.45. The van der Waals surface area contributed by atoms with Crippen molar-refractivity contribution < 1.29 is 18.0 Å². The molecule has 0 aliphatic rings. The van der Waals surface area contributed by atoms with E-state index in [1.54, 1.807) is 31.2 Å². The van der Waals surface area contributed by atoms with Gasteiger partial charge in [0.15, 0.2) is 0 Å². The van der Waals surface area contributed by atoms with E-state index >= 15 is 0 Å². The Kier molecular flexibility index (Phi) is 5.96. The number of halogens is 3. The van der Waals surface area contributed by atoms with E-state index in [0.29, 0.717) is 11.3 Å². The molecule has 0 heterocycles. The molecule has 0 atom stereocenters. The van der Waals surface area contributed by atoms with E-state index in [0.717, 1.165) is 17.7 Å². The number of hydrogen-bond donors (Lipinski definition) is 2. The van der Waals surface area contributed by atoms with E-state index in [2.05, 4.69) is 15.8 Å². The third-order valence-electron chi connectivity index (χ3n) is 3.42. The molecule has 134 valence electrons. The van der Waals surface area contributed by atoms with Crippen LogP contribution in [0.15, 0.2) is 53.6 Å². The van der Waals surface area contributed by atoms with Gasteiger partial charge in [0.1, 0.15) is 0 Å². The Morgan fingerprint density at radius 3 is 2.50 bits per heavy atom. The van der Waals surface area contributed by atoms with Crippen LogP contribution in [0.2, 0.25) is 0 Å². The van der Waals surface area contributed by atoms with Crippen molar-refractivity contribution in [3.63, 3.8) is 0 Å². The fourth-order valence-electron chi connectivity index (χ4n) is 2.02. The molecule has 0 bridgehead atoms. The summed E-state index contributed by atoms with van der Waals surface area (Å²) in [6, 6.07) is 13.2. The second kappa shape index (κ2) is 8.16. The number of benzene rings is 2. The molecular weight excluding hydrogens is 345 g/mol. The minimum absolute atomic E-state index is 0.183. The molecule has 0 saturated carbocycles. The van der Waals surface area contributed by atoms with Crippen molar-refractivity contribution in [1.82, 2.24) is 5.43 Å². The van der Waals surface area contributed by atoms with Crippen molar-refractivity contribution in [2.24, 2.45) is 5.10 Å². The number of nitriles is 1. The van der Waals surface area contributed by atoms with Crippen LogP contribution in [0, 0.1) is 11.3 Å². The number of nitrogens with zero attached hydrogens (tertiary/aromatic N) is 2. The number of alkyl halides is 3. The van der Waals surface area contributed by atoms with E-state index in [1.807, 2.05) is 6.07 Å². The Labute approximate surface area is 148 Å². The van der Waals surface area contributed by atoms with Crippen LogP contribution in [-0.4, -0.2) is 18.2 Å². The second-order valence-electron chi connectivity index (χ2n) is 5.35. The van der Waals surface area contributed by atoms with E-state index in [1.165, 1.54) is 12.1 Å². The minimum Gasteiger partial charge on any atom is -0.376 e. The van der Waals surface area contributed by atoms with Crippen molar-refractivity contribution in [3.8, 4) is 6.07 Å². The van der Waals surface area contributed by atoms with E-state index in [4.69, 9.17) is 5.26 Å². The maximum atomic E-state index is 12.6. The molecule has 0 radical (unpaired) electrons. The van der Waals surface area contributed by atoms with Gasteiger partial charge in [-0.3, -0.25) is 4.79 Å². The molecule has 5 nitrogen and oxygen atoms in total. The fraction of sp³-hybridized carbons (Fsp3) is 0.167. The van der Waals surface area contributed by atoms with Gasteiger partial charge in [-0.2, -0.15) is 23.5 Å². The molecule has 0 fully saturated rings. The quantitative estimate of drug-likeness (QED) is 0.633. The maximum Gasteiger partial charge on any atom is 0.416 e. The molecular formula is C18H15F3N4O. The first-order valence-electron chi connectivity index (χ1n) is 7.54. The summed E-state index contributed by atoms with van der Waals surface area (Å²) in [6.07, 6.45) is -4.44. The highest BCUT2D eigenvalue weighted by atomic mass is 19.4. The summed E-state index contributed by atoms with van der Waals surface area (Å²) in [5, 5.41) is 15.3. The first kappa shape index (κ1) is 19.0. The molecule has 1 amide bonds. The number of anilines is 1. The first-order chi connectivity index (χ1) is 12.3. The van der Waals surface area contributed by atoms with Crippen LogP contribution in [0.4, 0.5) is 18.9 Å². The zero-order valence-electron chi connectivity index (χ0n) is 13.8. The highest BCUT2D eigenvalue weighted by molar-refractivity contribution is 5.99. The molecule has 26 heavy (non-hydrogen) atoms. The lowest BCUT2D eigenvalue weighted by Gasteiger charge is -2.10. The predicted molar refractivity (Wildman–Crippen MR) is 91.4 cm³/mol. The van der Waals surface area contributed by atoms with Crippen LogP contribution in [0.25, 0.3) is 0 Å². The third-order valence-corrected chi connectivity index (χ3v) is 3.42. The number of hydrogen-bond acceptors (Lipinski definition) is 4. The normalized spacial score (nSPS) is 11.6. The van der Waals surface area contributed by atoms with Crippen LogP contribution in [0.5, 0.6) is 0 Å². The van der Waals surface area contributed by atoms with E-state index in [-0.39, 0.29) is 12.2 Å². The SMILES string of the molecule is C/C(=N\NC(=O)CNc1cccc(C(F)(F)F)c1)c1ccc(C#N)cc1. The van der Waals surface area contributed by atoms with Gasteiger partial charge in [-0.25, -0.2) is 5.43 Å². The minimum atomic E-state index is -4.44. The van der Waals surface area contributed by atoms with Gasteiger partial charge in [-0.15, -0.1) is 0 Å². The lowest BCUT2D eigenvalue weighted by Crippen LogP contribution is -2.26.